The summed E-state index contributed by atoms with van der Waals surface area (Å²) in [4.78, 5) is 7.84. The average molecular weight is 221 g/mol. The average Bonchev–Trinajstić information content (AvgIpc) is 2.25. The first kappa shape index (κ1) is 9.73. The summed E-state index contributed by atoms with van der Waals surface area (Å²) in [6, 6.07) is 6.98. The molecular weight excluding hydrogens is 212 g/mol. The summed E-state index contributed by atoms with van der Waals surface area (Å²) in [7, 11) is 0. The van der Waals surface area contributed by atoms with Crippen molar-refractivity contribution in [1.82, 2.24) is 9.97 Å². The summed E-state index contributed by atoms with van der Waals surface area (Å²) in [5.41, 5.74) is 7.03. The summed E-state index contributed by atoms with van der Waals surface area (Å²) in [6.45, 7) is 0. The molecule has 0 aliphatic heterocycles. The second-order valence-electron chi connectivity index (χ2n) is 2.96. The van der Waals surface area contributed by atoms with Crippen LogP contribution in [-0.2, 0) is 0 Å². The monoisotopic (exact) mass is 220 g/mol. The van der Waals surface area contributed by atoms with Gasteiger partial charge in [-0.2, -0.15) is 0 Å². The van der Waals surface area contributed by atoms with Crippen LogP contribution >= 0.6 is 11.6 Å². The first-order valence-corrected chi connectivity index (χ1v) is 4.71. The van der Waals surface area contributed by atoms with Crippen LogP contribution in [0.2, 0.25) is 5.02 Å². The molecule has 0 saturated heterocycles. The van der Waals surface area contributed by atoms with Crippen molar-refractivity contribution in [2.24, 2.45) is 0 Å². The maximum atomic E-state index is 5.98. The zero-order valence-corrected chi connectivity index (χ0v) is 8.57. The largest absolute Gasteiger partial charge is 0.399 e. The van der Waals surface area contributed by atoms with Crippen molar-refractivity contribution < 1.29 is 0 Å². The van der Waals surface area contributed by atoms with E-state index in [1.807, 2.05) is 0 Å². The van der Waals surface area contributed by atoms with Gasteiger partial charge in [-0.15, -0.1) is 0 Å². The van der Waals surface area contributed by atoms with Crippen molar-refractivity contribution in [3.05, 3.63) is 41.8 Å². The molecule has 0 bridgehead atoms. The Balaban J connectivity index is 2.28. The molecule has 0 atom stereocenters. The van der Waals surface area contributed by atoms with Gasteiger partial charge in [0.05, 0.1) is 10.7 Å². The normalized spacial score (nSPS) is 9.93. The Morgan fingerprint density at radius 2 is 2.13 bits per heavy atom. The predicted molar refractivity (Wildman–Crippen MR) is 61.2 cm³/mol. The summed E-state index contributed by atoms with van der Waals surface area (Å²) < 4.78 is 0. The topological polar surface area (TPSA) is 63.8 Å². The lowest BCUT2D eigenvalue weighted by Crippen LogP contribution is -1.95. The highest BCUT2D eigenvalue weighted by Gasteiger charge is 2.01. The van der Waals surface area contributed by atoms with E-state index >= 15 is 0 Å². The van der Waals surface area contributed by atoms with Gasteiger partial charge in [-0.05, 0) is 24.3 Å². The first-order chi connectivity index (χ1) is 7.25. The molecule has 0 fully saturated rings. The first-order valence-electron chi connectivity index (χ1n) is 4.34. The Kier molecular flexibility index (Phi) is 2.69. The fourth-order valence-corrected chi connectivity index (χ4v) is 1.31. The number of halogens is 1. The van der Waals surface area contributed by atoms with Gasteiger partial charge in [0, 0.05) is 11.9 Å². The van der Waals surface area contributed by atoms with E-state index in [0.29, 0.717) is 16.5 Å². The van der Waals surface area contributed by atoms with Gasteiger partial charge in [-0.1, -0.05) is 11.6 Å². The van der Waals surface area contributed by atoms with Gasteiger partial charge in [0.25, 0.3) is 0 Å². The highest BCUT2D eigenvalue weighted by atomic mass is 35.5. The van der Waals surface area contributed by atoms with Crippen molar-refractivity contribution in [1.29, 1.82) is 0 Å². The Hall–Kier alpha value is -1.81. The Labute approximate surface area is 92.1 Å². The van der Waals surface area contributed by atoms with Crippen molar-refractivity contribution in [3.8, 4) is 0 Å². The van der Waals surface area contributed by atoms with Crippen LogP contribution < -0.4 is 11.1 Å². The summed E-state index contributed by atoms with van der Waals surface area (Å²) in [5.74, 6) is 0.678. The van der Waals surface area contributed by atoms with Crippen LogP contribution in [0.5, 0.6) is 0 Å². The fraction of sp³-hybridized carbons (Fsp3) is 0. The summed E-state index contributed by atoms with van der Waals surface area (Å²) in [5, 5.41) is 3.65. The van der Waals surface area contributed by atoms with Gasteiger partial charge in [-0.3, -0.25) is 0 Å². The molecule has 0 aliphatic carbocycles. The number of nitrogens with one attached hydrogen (secondary N) is 1. The van der Waals surface area contributed by atoms with Crippen molar-refractivity contribution >= 4 is 28.8 Å². The molecular formula is C10H9ClN4. The van der Waals surface area contributed by atoms with Crippen LogP contribution in [0.25, 0.3) is 0 Å². The second-order valence-corrected chi connectivity index (χ2v) is 3.37. The second kappa shape index (κ2) is 4.14. The Bertz CT molecular complexity index is 458. The standard InChI is InChI=1S/C10H9ClN4/c11-8-2-1-7(12)5-9(8)15-10-3-4-13-6-14-10/h1-6H,12H2,(H,13,14,15). The van der Waals surface area contributed by atoms with E-state index in [2.05, 4.69) is 15.3 Å². The highest BCUT2D eigenvalue weighted by molar-refractivity contribution is 6.33. The minimum atomic E-state index is 0.600. The summed E-state index contributed by atoms with van der Waals surface area (Å²) >= 11 is 5.98. The molecule has 4 nitrogen and oxygen atoms in total. The zero-order valence-electron chi connectivity index (χ0n) is 7.81. The molecule has 0 amide bonds. The Morgan fingerprint density at radius 3 is 2.87 bits per heavy atom. The predicted octanol–water partition coefficient (Wildman–Crippen LogP) is 2.46. The molecule has 3 N–H and O–H groups in total. The number of hydrogen-bond donors (Lipinski definition) is 2. The number of aromatic nitrogens is 2. The maximum absolute atomic E-state index is 5.98. The quantitative estimate of drug-likeness (QED) is 0.764. The number of nitrogen functional groups attached to an aromatic ring is 1. The van der Waals surface area contributed by atoms with E-state index in [9.17, 15) is 0 Å². The van der Waals surface area contributed by atoms with Gasteiger partial charge < -0.3 is 11.1 Å². The molecule has 15 heavy (non-hydrogen) atoms. The minimum absolute atomic E-state index is 0.600. The van der Waals surface area contributed by atoms with E-state index in [0.717, 1.165) is 5.69 Å². The third-order valence-corrected chi connectivity index (χ3v) is 2.16. The smallest absolute Gasteiger partial charge is 0.133 e. The van der Waals surface area contributed by atoms with Crippen LogP contribution in [-0.4, -0.2) is 9.97 Å². The van der Waals surface area contributed by atoms with Gasteiger partial charge in [0.2, 0.25) is 0 Å². The van der Waals surface area contributed by atoms with Gasteiger partial charge >= 0.3 is 0 Å². The lowest BCUT2D eigenvalue weighted by molar-refractivity contribution is 1.17. The highest BCUT2D eigenvalue weighted by Crippen LogP contribution is 2.26. The lowest BCUT2D eigenvalue weighted by atomic mass is 10.3. The summed E-state index contributed by atoms with van der Waals surface area (Å²) in [6.07, 6.45) is 3.11. The van der Waals surface area contributed by atoms with E-state index < -0.39 is 0 Å². The van der Waals surface area contributed by atoms with Crippen molar-refractivity contribution in [3.63, 3.8) is 0 Å². The molecule has 0 radical (unpaired) electrons. The lowest BCUT2D eigenvalue weighted by Gasteiger charge is -2.07. The van der Waals surface area contributed by atoms with Crippen LogP contribution in [0.4, 0.5) is 17.2 Å². The number of nitrogens with two attached hydrogens (primary N) is 1. The van der Waals surface area contributed by atoms with Crippen molar-refractivity contribution in [2.45, 2.75) is 0 Å². The third-order valence-electron chi connectivity index (χ3n) is 1.84. The molecule has 2 rings (SSSR count). The number of benzene rings is 1. The van der Waals surface area contributed by atoms with E-state index in [1.54, 1.807) is 30.5 Å². The van der Waals surface area contributed by atoms with E-state index in [-0.39, 0.29) is 0 Å². The molecule has 2 aromatic rings. The van der Waals surface area contributed by atoms with Crippen LogP contribution in [0, 0.1) is 0 Å². The van der Waals surface area contributed by atoms with E-state index in [4.69, 9.17) is 17.3 Å². The van der Waals surface area contributed by atoms with Crippen LogP contribution in [0.3, 0.4) is 0 Å². The van der Waals surface area contributed by atoms with Crippen LogP contribution in [0.15, 0.2) is 36.8 Å². The Morgan fingerprint density at radius 1 is 1.27 bits per heavy atom. The zero-order chi connectivity index (χ0) is 10.7. The number of anilines is 3. The minimum Gasteiger partial charge on any atom is -0.399 e. The van der Waals surface area contributed by atoms with Gasteiger partial charge in [0.15, 0.2) is 0 Å². The fourth-order valence-electron chi connectivity index (χ4n) is 1.14. The molecule has 0 unspecified atom stereocenters. The van der Waals surface area contributed by atoms with Crippen LogP contribution in [0.1, 0.15) is 0 Å². The molecule has 5 heteroatoms. The van der Waals surface area contributed by atoms with E-state index in [1.165, 1.54) is 6.33 Å². The molecule has 1 aromatic carbocycles. The molecule has 0 aliphatic rings. The molecule has 1 heterocycles. The number of nitrogens with zero attached hydrogens (tertiary/aromatic N) is 2. The molecule has 0 saturated carbocycles. The van der Waals surface area contributed by atoms with Crippen molar-refractivity contribution in [2.75, 3.05) is 11.1 Å². The molecule has 76 valence electrons. The molecule has 1 aromatic heterocycles. The molecule has 0 spiro atoms. The number of hydrogen-bond acceptors (Lipinski definition) is 4. The third kappa shape index (κ3) is 2.35. The maximum Gasteiger partial charge on any atom is 0.133 e. The van der Waals surface area contributed by atoms with Gasteiger partial charge in [-0.25, -0.2) is 9.97 Å². The van der Waals surface area contributed by atoms with Gasteiger partial charge in [0.1, 0.15) is 12.1 Å². The SMILES string of the molecule is Nc1ccc(Cl)c(Nc2ccncn2)c1. The number of rotatable bonds is 2.